The first-order chi connectivity index (χ1) is 14.0. The summed E-state index contributed by atoms with van der Waals surface area (Å²) in [6, 6.07) is 25.7. The van der Waals surface area contributed by atoms with Gasteiger partial charge in [-0.2, -0.15) is 0 Å². The molecule has 0 aromatic heterocycles. The van der Waals surface area contributed by atoms with Crippen molar-refractivity contribution >= 4 is 11.6 Å². The van der Waals surface area contributed by atoms with Gasteiger partial charge in [0.25, 0.3) is 11.6 Å². The highest BCUT2D eigenvalue weighted by molar-refractivity contribution is 5.77. The minimum atomic E-state index is -0.482. The number of nitro benzene ring substituents is 1. The maximum absolute atomic E-state index is 12.4. The van der Waals surface area contributed by atoms with E-state index >= 15 is 0 Å². The highest BCUT2D eigenvalue weighted by Gasteiger charge is 2.29. The largest absolute Gasteiger partial charge is 0.484 e. The molecule has 0 atom stereocenters. The number of benzene rings is 3. The number of hydrogen-bond donors (Lipinski definition) is 1. The molecule has 0 aliphatic heterocycles. The Morgan fingerprint density at radius 1 is 0.931 bits per heavy atom. The van der Waals surface area contributed by atoms with Crippen LogP contribution in [-0.2, 0) is 10.2 Å². The second-order valence-corrected chi connectivity index (χ2v) is 6.88. The fraction of sp³-hybridized carbons (Fsp3) is 0.174. The third-order valence-corrected chi connectivity index (χ3v) is 4.88. The third-order valence-electron chi connectivity index (χ3n) is 4.88. The summed E-state index contributed by atoms with van der Waals surface area (Å²) >= 11 is 0. The van der Waals surface area contributed by atoms with Gasteiger partial charge < -0.3 is 10.1 Å². The van der Waals surface area contributed by atoms with Gasteiger partial charge in [-0.15, -0.1) is 0 Å². The highest BCUT2D eigenvalue weighted by Crippen LogP contribution is 2.31. The molecule has 1 amide bonds. The van der Waals surface area contributed by atoms with Crippen molar-refractivity contribution < 1.29 is 14.5 Å². The summed E-state index contributed by atoms with van der Waals surface area (Å²) in [6.45, 7) is 2.33. The standard InChI is InChI=1S/C23H22N2O4/c1-23(18-8-4-2-5-9-18,19-10-6-3-7-11-19)17-24-22(26)16-29-21-14-12-20(13-15-21)25(27)28/h2-15H,16-17H2,1H3,(H,24,26). The van der Waals surface area contributed by atoms with Gasteiger partial charge in [0, 0.05) is 24.1 Å². The van der Waals surface area contributed by atoms with E-state index in [-0.39, 0.29) is 18.2 Å². The maximum atomic E-state index is 12.4. The predicted molar refractivity (Wildman–Crippen MR) is 111 cm³/mol. The molecule has 148 valence electrons. The molecule has 0 bridgehead atoms. The summed E-state index contributed by atoms with van der Waals surface area (Å²) in [5.41, 5.74) is 1.78. The summed E-state index contributed by atoms with van der Waals surface area (Å²) in [5, 5.41) is 13.6. The van der Waals surface area contributed by atoms with Crippen LogP contribution < -0.4 is 10.1 Å². The normalized spacial score (nSPS) is 10.9. The molecule has 0 saturated heterocycles. The molecule has 0 spiro atoms. The van der Waals surface area contributed by atoms with Crippen LogP contribution >= 0.6 is 0 Å². The smallest absolute Gasteiger partial charge is 0.269 e. The number of carbonyl (C=O) groups excluding carboxylic acids is 1. The van der Waals surface area contributed by atoms with Gasteiger partial charge in [-0.05, 0) is 30.2 Å². The summed E-state index contributed by atoms with van der Waals surface area (Å²) in [5.74, 6) is 0.140. The zero-order valence-corrected chi connectivity index (χ0v) is 16.1. The van der Waals surface area contributed by atoms with E-state index in [9.17, 15) is 14.9 Å². The van der Waals surface area contributed by atoms with Crippen LogP contribution in [0.5, 0.6) is 5.75 Å². The fourth-order valence-corrected chi connectivity index (χ4v) is 3.12. The number of nitrogens with zero attached hydrogens (tertiary/aromatic N) is 1. The summed E-state index contributed by atoms with van der Waals surface area (Å²) in [6.07, 6.45) is 0. The predicted octanol–water partition coefficient (Wildman–Crippen LogP) is 4.10. The van der Waals surface area contributed by atoms with E-state index < -0.39 is 10.3 Å². The number of carbonyl (C=O) groups is 1. The molecule has 0 aliphatic carbocycles. The molecule has 0 heterocycles. The van der Waals surface area contributed by atoms with E-state index in [1.165, 1.54) is 24.3 Å². The Labute approximate surface area is 169 Å². The topological polar surface area (TPSA) is 81.5 Å². The first-order valence-corrected chi connectivity index (χ1v) is 9.24. The minimum absolute atomic E-state index is 0.0247. The SMILES string of the molecule is CC(CNC(=O)COc1ccc([N+](=O)[O-])cc1)(c1ccccc1)c1ccccc1. The van der Waals surface area contributed by atoms with Crippen molar-refractivity contribution in [3.63, 3.8) is 0 Å². The molecule has 3 aromatic carbocycles. The van der Waals surface area contributed by atoms with Crippen molar-refractivity contribution in [1.82, 2.24) is 5.32 Å². The quantitative estimate of drug-likeness (QED) is 0.464. The monoisotopic (exact) mass is 390 g/mol. The Hall–Kier alpha value is -3.67. The Bertz CT molecular complexity index is 918. The van der Waals surface area contributed by atoms with Crippen LogP contribution in [-0.4, -0.2) is 24.0 Å². The molecule has 0 saturated carbocycles. The zero-order chi connectivity index (χ0) is 20.7. The fourth-order valence-electron chi connectivity index (χ4n) is 3.12. The van der Waals surface area contributed by atoms with Gasteiger partial charge in [0.1, 0.15) is 5.75 Å². The first-order valence-electron chi connectivity index (χ1n) is 9.24. The van der Waals surface area contributed by atoms with E-state index in [2.05, 4.69) is 12.2 Å². The summed E-state index contributed by atoms with van der Waals surface area (Å²) < 4.78 is 5.44. The molecule has 6 heteroatoms. The molecule has 0 fully saturated rings. The van der Waals surface area contributed by atoms with Gasteiger partial charge in [-0.3, -0.25) is 14.9 Å². The van der Waals surface area contributed by atoms with Crippen molar-refractivity contribution in [3.8, 4) is 5.75 Å². The van der Waals surface area contributed by atoms with E-state index in [0.29, 0.717) is 12.3 Å². The number of nitro groups is 1. The van der Waals surface area contributed by atoms with Crippen molar-refractivity contribution in [2.24, 2.45) is 0 Å². The maximum Gasteiger partial charge on any atom is 0.269 e. The lowest BCUT2D eigenvalue weighted by molar-refractivity contribution is -0.384. The second kappa shape index (κ2) is 9.01. The number of ether oxygens (including phenoxy) is 1. The number of hydrogen-bond acceptors (Lipinski definition) is 4. The van der Waals surface area contributed by atoms with Gasteiger partial charge in [-0.1, -0.05) is 60.7 Å². The molecule has 29 heavy (non-hydrogen) atoms. The van der Waals surface area contributed by atoms with Crippen LogP contribution in [0.25, 0.3) is 0 Å². The molecule has 0 radical (unpaired) electrons. The number of nitrogens with one attached hydrogen (secondary N) is 1. The van der Waals surface area contributed by atoms with Crippen molar-refractivity contribution in [1.29, 1.82) is 0 Å². The summed E-state index contributed by atoms with van der Waals surface area (Å²) in [4.78, 5) is 22.6. The van der Waals surface area contributed by atoms with Gasteiger partial charge in [0.2, 0.25) is 0 Å². The summed E-state index contributed by atoms with van der Waals surface area (Å²) in [7, 11) is 0. The average Bonchev–Trinajstić information content (AvgIpc) is 2.77. The van der Waals surface area contributed by atoms with E-state index in [1.807, 2.05) is 60.7 Å². The molecule has 1 N–H and O–H groups in total. The average molecular weight is 390 g/mol. The van der Waals surface area contributed by atoms with Crippen LogP contribution in [0.3, 0.4) is 0 Å². The second-order valence-electron chi connectivity index (χ2n) is 6.88. The van der Waals surface area contributed by atoms with Crippen molar-refractivity contribution in [2.75, 3.05) is 13.2 Å². The Morgan fingerprint density at radius 3 is 1.93 bits per heavy atom. The van der Waals surface area contributed by atoms with E-state index in [4.69, 9.17) is 4.74 Å². The molecular formula is C23H22N2O4. The van der Waals surface area contributed by atoms with Gasteiger partial charge in [0.15, 0.2) is 6.61 Å². The first kappa shape index (κ1) is 20.1. The van der Waals surface area contributed by atoms with E-state index in [1.54, 1.807) is 0 Å². The van der Waals surface area contributed by atoms with Gasteiger partial charge >= 0.3 is 0 Å². The lowest BCUT2D eigenvalue weighted by Gasteiger charge is -2.31. The lowest BCUT2D eigenvalue weighted by atomic mass is 9.76. The van der Waals surface area contributed by atoms with Gasteiger partial charge in [0.05, 0.1) is 4.92 Å². The van der Waals surface area contributed by atoms with Crippen LogP contribution in [0.1, 0.15) is 18.1 Å². The Kier molecular flexibility index (Phi) is 6.24. The van der Waals surface area contributed by atoms with Gasteiger partial charge in [-0.25, -0.2) is 0 Å². The minimum Gasteiger partial charge on any atom is -0.484 e. The van der Waals surface area contributed by atoms with Crippen LogP contribution in [0, 0.1) is 10.1 Å². The molecule has 6 nitrogen and oxygen atoms in total. The van der Waals surface area contributed by atoms with Crippen molar-refractivity contribution in [2.45, 2.75) is 12.3 Å². The molecule has 3 rings (SSSR count). The number of non-ortho nitro benzene ring substituents is 1. The lowest BCUT2D eigenvalue weighted by Crippen LogP contribution is -2.41. The van der Waals surface area contributed by atoms with Crippen molar-refractivity contribution in [3.05, 3.63) is 106 Å². The molecule has 0 aliphatic rings. The van der Waals surface area contributed by atoms with Crippen LogP contribution in [0.2, 0.25) is 0 Å². The number of rotatable bonds is 8. The van der Waals surface area contributed by atoms with E-state index in [0.717, 1.165) is 11.1 Å². The molecular weight excluding hydrogens is 368 g/mol. The Morgan fingerprint density at radius 2 is 1.45 bits per heavy atom. The highest BCUT2D eigenvalue weighted by atomic mass is 16.6. The molecule has 0 unspecified atom stereocenters. The third kappa shape index (κ3) is 4.99. The number of amides is 1. The van der Waals surface area contributed by atoms with Crippen LogP contribution in [0.4, 0.5) is 5.69 Å². The zero-order valence-electron chi connectivity index (χ0n) is 16.1. The Balaban J connectivity index is 1.65. The van der Waals surface area contributed by atoms with Crippen LogP contribution in [0.15, 0.2) is 84.9 Å². The molecule has 3 aromatic rings.